The SMILES string of the molecule is Cc1cc(N)c(N(C)CC2(C)CCSCC2)nc1Oc1ncc(F)cc1OCC(C)(F)F.NC=O. The number of carbonyl (C=O) groups excluding carboxylic acids is 1. The number of nitrogen functional groups attached to an aromatic ring is 1. The van der Waals surface area contributed by atoms with Crippen LogP contribution in [-0.4, -0.2) is 54.0 Å². The lowest BCUT2D eigenvalue weighted by Gasteiger charge is -2.37. The van der Waals surface area contributed by atoms with Crippen molar-refractivity contribution in [1.82, 2.24) is 9.97 Å². The van der Waals surface area contributed by atoms with E-state index in [4.69, 9.17) is 20.0 Å². The molecule has 3 heterocycles. The van der Waals surface area contributed by atoms with E-state index < -0.39 is 18.3 Å². The number of primary amides is 1. The van der Waals surface area contributed by atoms with Gasteiger partial charge < -0.3 is 25.8 Å². The van der Waals surface area contributed by atoms with Gasteiger partial charge in [-0.1, -0.05) is 6.92 Å². The minimum atomic E-state index is -3.09. The fourth-order valence-electron chi connectivity index (χ4n) is 3.57. The van der Waals surface area contributed by atoms with Crippen LogP contribution in [0.4, 0.5) is 24.7 Å². The molecule has 1 aliphatic rings. The number of thioether (sulfide) groups is 1. The first kappa shape index (κ1) is 28.3. The molecule has 0 bridgehead atoms. The van der Waals surface area contributed by atoms with Crippen LogP contribution in [0, 0.1) is 18.2 Å². The molecule has 0 spiro atoms. The second-order valence-electron chi connectivity index (χ2n) is 8.86. The van der Waals surface area contributed by atoms with Gasteiger partial charge in [0.2, 0.25) is 12.3 Å². The Morgan fingerprint density at radius 2 is 1.91 bits per heavy atom. The number of alkyl halides is 2. The lowest BCUT2D eigenvalue weighted by atomic mass is 9.84. The average molecular weight is 516 g/mol. The van der Waals surface area contributed by atoms with Gasteiger partial charge in [-0.3, -0.25) is 4.79 Å². The van der Waals surface area contributed by atoms with Crippen LogP contribution in [0.1, 0.15) is 32.3 Å². The summed E-state index contributed by atoms with van der Waals surface area (Å²) < 4.78 is 50.9. The van der Waals surface area contributed by atoms with Gasteiger partial charge in [0.25, 0.3) is 11.8 Å². The van der Waals surface area contributed by atoms with Crippen LogP contribution in [-0.2, 0) is 4.79 Å². The second kappa shape index (κ2) is 12.2. The molecule has 0 atom stereocenters. The molecule has 3 rings (SSSR count). The summed E-state index contributed by atoms with van der Waals surface area (Å²) in [6.07, 6.45) is 3.40. The molecule has 4 N–H and O–H groups in total. The Morgan fingerprint density at radius 3 is 2.51 bits per heavy atom. The van der Waals surface area contributed by atoms with Crippen molar-refractivity contribution >= 4 is 29.7 Å². The standard InChI is InChI=1S/C22H29F3N4O2S.CH3NO/c1-14-9-16(26)18(29(4)12-21(2)5-7-32-8-6-21)28-19(14)31-20-17(10-15(23)11-27-20)30-13-22(3,24)25;2-1-3/h9-11H,5-8,12-13,26H2,1-4H3;1H,(H2,2,3). The van der Waals surface area contributed by atoms with Gasteiger partial charge in [-0.15, -0.1) is 0 Å². The number of rotatable bonds is 8. The Bertz CT molecular complexity index is 1000. The van der Waals surface area contributed by atoms with Gasteiger partial charge in [0.1, 0.15) is 5.82 Å². The van der Waals surface area contributed by atoms with E-state index in [-0.39, 0.29) is 29.3 Å². The molecule has 1 fully saturated rings. The molecule has 2 aromatic heterocycles. The normalized spacial score (nSPS) is 14.9. The average Bonchev–Trinajstić information content (AvgIpc) is 2.75. The van der Waals surface area contributed by atoms with Crippen molar-refractivity contribution in [2.45, 2.75) is 39.5 Å². The van der Waals surface area contributed by atoms with Crippen LogP contribution < -0.4 is 25.8 Å². The summed E-state index contributed by atoms with van der Waals surface area (Å²) in [4.78, 5) is 19.0. The van der Waals surface area contributed by atoms with Crippen LogP contribution in [0.25, 0.3) is 0 Å². The van der Waals surface area contributed by atoms with E-state index in [1.807, 2.05) is 23.7 Å². The highest BCUT2D eigenvalue weighted by Crippen LogP contribution is 2.38. The molecule has 0 radical (unpaired) electrons. The van der Waals surface area contributed by atoms with Crippen molar-refractivity contribution in [3.63, 3.8) is 0 Å². The number of aryl methyl sites for hydroxylation is 1. The fourth-order valence-corrected chi connectivity index (χ4v) is 5.05. The summed E-state index contributed by atoms with van der Waals surface area (Å²) in [6, 6.07) is 2.69. The molecular weight excluding hydrogens is 483 g/mol. The maximum atomic E-state index is 13.6. The zero-order valence-electron chi connectivity index (χ0n) is 20.3. The lowest BCUT2D eigenvalue weighted by Crippen LogP contribution is -2.37. The van der Waals surface area contributed by atoms with Crippen LogP contribution >= 0.6 is 11.8 Å². The number of pyridine rings is 2. The number of nitrogens with two attached hydrogens (primary N) is 2. The first-order valence-electron chi connectivity index (χ1n) is 10.9. The topological polar surface area (TPSA) is 117 Å². The number of nitrogens with zero attached hydrogens (tertiary/aromatic N) is 3. The minimum Gasteiger partial charge on any atom is -0.482 e. The smallest absolute Gasteiger partial charge is 0.278 e. The Balaban J connectivity index is 0.00000137. The number of anilines is 2. The van der Waals surface area contributed by atoms with Crippen molar-refractivity contribution in [3.05, 3.63) is 29.7 Å². The van der Waals surface area contributed by atoms with Crippen molar-refractivity contribution in [2.24, 2.45) is 11.1 Å². The third-order valence-corrected chi connectivity index (χ3v) is 6.30. The molecule has 1 amide bonds. The molecule has 12 heteroatoms. The monoisotopic (exact) mass is 515 g/mol. The van der Waals surface area contributed by atoms with Crippen molar-refractivity contribution in [1.29, 1.82) is 0 Å². The molecule has 2 aromatic rings. The summed E-state index contributed by atoms with van der Waals surface area (Å²) in [6.45, 7) is 4.57. The number of hydrogen-bond donors (Lipinski definition) is 2. The van der Waals surface area contributed by atoms with Crippen LogP contribution in [0.2, 0.25) is 0 Å². The Labute approximate surface area is 207 Å². The zero-order valence-corrected chi connectivity index (χ0v) is 21.1. The van der Waals surface area contributed by atoms with E-state index in [0.29, 0.717) is 24.0 Å². The number of hydrogen-bond acceptors (Lipinski definition) is 8. The van der Waals surface area contributed by atoms with Gasteiger partial charge in [-0.2, -0.15) is 16.7 Å². The third kappa shape index (κ3) is 8.68. The third-order valence-electron chi connectivity index (χ3n) is 5.31. The lowest BCUT2D eigenvalue weighted by molar-refractivity contribution is -0.106. The Hall–Kier alpha value is -2.89. The summed E-state index contributed by atoms with van der Waals surface area (Å²) in [5, 5.41) is 0. The zero-order chi connectivity index (χ0) is 26.2. The first-order chi connectivity index (χ1) is 16.4. The molecular formula is C23H32F3N5O3S. The molecule has 8 nitrogen and oxygen atoms in total. The number of aromatic nitrogens is 2. The summed E-state index contributed by atoms with van der Waals surface area (Å²) in [7, 11) is 1.93. The highest BCUT2D eigenvalue weighted by Gasteiger charge is 2.30. The van der Waals surface area contributed by atoms with Gasteiger partial charge in [-0.25, -0.2) is 18.2 Å². The molecule has 0 saturated carbocycles. The maximum absolute atomic E-state index is 13.6. The summed E-state index contributed by atoms with van der Waals surface area (Å²) >= 11 is 1.97. The highest BCUT2D eigenvalue weighted by atomic mass is 32.2. The summed E-state index contributed by atoms with van der Waals surface area (Å²) in [5.74, 6) is -1.20. The molecule has 1 saturated heterocycles. The fraction of sp³-hybridized carbons (Fsp3) is 0.522. The molecule has 1 aliphatic heterocycles. The van der Waals surface area contributed by atoms with Crippen LogP contribution in [0.3, 0.4) is 0 Å². The molecule has 0 unspecified atom stereocenters. The number of ether oxygens (including phenoxy) is 2. The highest BCUT2D eigenvalue weighted by molar-refractivity contribution is 7.99. The molecule has 35 heavy (non-hydrogen) atoms. The van der Waals surface area contributed by atoms with Gasteiger partial charge in [0, 0.05) is 32.1 Å². The van der Waals surface area contributed by atoms with Gasteiger partial charge >= 0.3 is 0 Å². The Morgan fingerprint density at radius 1 is 1.29 bits per heavy atom. The predicted octanol–water partition coefficient (Wildman–Crippen LogP) is 4.40. The van der Waals surface area contributed by atoms with Crippen molar-refractivity contribution in [2.75, 3.05) is 42.3 Å². The van der Waals surface area contributed by atoms with Crippen molar-refractivity contribution < 1.29 is 27.4 Å². The van der Waals surface area contributed by atoms with E-state index in [2.05, 4.69) is 22.6 Å². The van der Waals surface area contributed by atoms with E-state index in [0.717, 1.165) is 43.2 Å². The largest absolute Gasteiger partial charge is 0.482 e. The predicted molar refractivity (Wildman–Crippen MR) is 132 cm³/mol. The second-order valence-corrected chi connectivity index (χ2v) is 10.1. The van der Waals surface area contributed by atoms with Gasteiger partial charge in [0.15, 0.2) is 18.2 Å². The number of halogens is 3. The quantitative estimate of drug-likeness (QED) is 0.497. The molecule has 0 aliphatic carbocycles. The number of amides is 1. The first-order valence-corrected chi connectivity index (χ1v) is 12.1. The van der Waals surface area contributed by atoms with Crippen LogP contribution in [0.15, 0.2) is 18.3 Å². The van der Waals surface area contributed by atoms with Crippen LogP contribution in [0.5, 0.6) is 17.5 Å². The van der Waals surface area contributed by atoms with Gasteiger partial charge in [-0.05, 0) is 42.8 Å². The van der Waals surface area contributed by atoms with E-state index in [1.54, 1.807) is 13.0 Å². The van der Waals surface area contributed by atoms with Crippen molar-refractivity contribution in [3.8, 4) is 17.5 Å². The van der Waals surface area contributed by atoms with E-state index in [9.17, 15) is 13.2 Å². The molecule has 194 valence electrons. The summed E-state index contributed by atoms with van der Waals surface area (Å²) in [5.41, 5.74) is 11.7. The van der Waals surface area contributed by atoms with E-state index in [1.165, 1.54) is 0 Å². The minimum absolute atomic E-state index is 0.152. The Kier molecular flexibility index (Phi) is 9.87. The number of carbonyl (C=O) groups is 1. The van der Waals surface area contributed by atoms with Gasteiger partial charge in [0.05, 0.1) is 11.9 Å². The maximum Gasteiger partial charge on any atom is 0.278 e. The molecule has 0 aromatic carbocycles. The van der Waals surface area contributed by atoms with E-state index >= 15 is 0 Å².